The highest BCUT2D eigenvalue weighted by molar-refractivity contribution is 5.92. The fourth-order valence-electron chi connectivity index (χ4n) is 3.20. The number of ether oxygens (including phenoxy) is 1. The predicted molar refractivity (Wildman–Crippen MR) is 111 cm³/mol. The van der Waals surface area contributed by atoms with Crippen LogP contribution in [0.15, 0.2) is 66.7 Å². The number of rotatable bonds is 7. The van der Waals surface area contributed by atoms with Gasteiger partial charge in [-0.15, -0.1) is 0 Å². The molecule has 1 amide bonds. The van der Waals surface area contributed by atoms with Crippen molar-refractivity contribution in [3.63, 3.8) is 0 Å². The number of aromatic nitrogens is 2. The second kappa shape index (κ2) is 9.19. The molecule has 1 aromatic heterocycles. The summed E-state index contributed by atoms with van der Waals surface area (Å²) in [6, 6.07) is 21.1. The number of para-hydroxylation sites is 1. The molecule has 0 bridgehead atoms. The van der Waals surface area contributed by atoms with Gasteiger partial charge in [-0.1, -0.05) is 55.5 Å². The van der Waals surface area contributed by atoms with Gasteiger partial charge < -0.3 is 9.64 Å². The van der Waals surface area contributed by atoms with Gasteiger partial charge in [0, 0.05) is 18.8 Å². The molecule has 1 atom stereocenters. The van der Waals surface area contributed by atoms with E-state index in [0.29, 0.717) is 12.2 Å². The van der Waals surface area contributed by atoms with Crippen LogP contribution < -0.4 is 0 Å². The first kappa shape index (κ1) is 20.3. The third-order valence-electron chi connectivity index (χ3n) is 4.71. The number of amides is 1. The lowest BCUT2D eigenvalue weighted by Gasteiger charge is -2.24. The molecule has 0 fully saturated rings. The zero-order valence-corrected chi connectivity index (χ0v) is 16.9. The van der Waals surface area contributed by atoms with Crippen LogP contribution in [0.25, 0.3) is 5.69 Å². The Morgan fingerprint density at radius 1 is 1.07 bits per heavy atom. The van der Waals surface area contributed by atoms with Crippen LogP contribution in [0, 0.1) is 12.8 Å². The summed E-state index contributed by atoms with van der Waals surface area (Å²) in [5.74, 6) is -1.01. The standard InChI is InChI=1S/C23H25N3O3/c1-17(23(28)29-3)15-25(16-19-10-6-4-7-11-19)22(27)21-14-18(2)26(24-21)20-12-8-5-9-13-20/h4-14,17H,15-16H2,1-3H3. The van der Waals surface area contributed by atoms with E-state index in [0.717, 1.165) is 16.9 Å². The second-order valence-corrected chi connectivity index (χ2v) is 7.01. The lowest BCUT2D eigenvalue weighted by Crippen LogP contribution is -2.37. The molecule has 0 saturated heterocycles. The van der Waals surface area contributed by atoms with Crippen LogP contribution in [0.5, 0.6) is 0 Å². The number of carbonyl (C=O) groups is 2. The van der Waals surface area contributed by atoms with Gasteiger partial charge in [-0.2, -0.15) is 5.10 Å². The van der Waals surface area contributed by atoms with E-state index in [4.69, 9.17) is 4.74 Å². The molecule has 0 radical (unpaired) electrons. The average molecular weight is 391 g/mol. The summed E-state index contributed by atoms with van der Waals surface area (Å²) in [7, 11) is 1.35. The van der Waals surface area contributed by atoms with Crippen molar-refractivity contribution >= 4 is 11.9 Å². The van der Waals surface area contributed by atoms with Crippen molar-refractivity contribution in [3.05, 3.63) is 83.7 Å². The highest BCUT2D eigenvalue weighted by Gasteiger charge is 2.25. The van der Waals surface area contributed by atoms with Gasteiger partial charge in [0.05, 0.1) is 18.7 Å². The number of hydrogen-bond acceptors (Lipinski definition) is 4. The molecule has 3 rings (SSSR count). The predicted octanol–water partition coefficient (Wildman–Crippen LogP) is 3.63. The fraction of sp³-hybridized carbons (Fsp3) is 0.261. The van der Waals surface area contributed by atoms with Crippen LogP contribution in [-0.2, 0) is 16.1 Å². The van der Waals surface area contributed by atoms with Crippen molar-refractivity contribution in [2.24, 2.45) is 5.92 Å². The highest BCUT2D eigenvalue weighted by Crippen LogP contribution is 2.16. The van der Waals surface area contributed by atoms with Crippen LogP contribution in [0.2, 0.25) is 0 Å². The molecular formula is C23H25N3O3. The van der Waals surface area contributed by atoms with E-state index >= 15 is 0 Å². The summed E-state index contributed by atoms with van der Waals surface area (Å²) < 4.78 is 6.58. The smallest absolute Gasteiger partial charge is 0.310 e. The van der Waals surface area contributed by atoms with Crippen molar-refractivity contribution in [2.45, 2.75) is 20.4 Å². The van der Waals surface area contributed by atoms with E-state index in [1.54, 1.807) is 22.6 Å². The van der Waals surface area contributed by atoms with Crippen molar-refractivity contribution in [2.75, 3.05) is 13.7 Å². The minimum Gasteiger partial charge on any atom is -0.469 e. The molecule has 3 aromatic rings. The molecule has 6 nitrogen and oxygen atoms in total. The number of methoxy groups -OCH3 is 1. The Hall–Kier alpha value is -3.41. The first-order valence-electron chi connectivity index (χ1n) is 9.52. The Bertz CT molecular complexity index is 968. The highest BCUT2D eigenvalue weighted by atomic mass is 16.5. The third kappa shape index (κ3) is 4.90. The van der Waals surface area contributed by atoms with Crippen molar-refractivity contribution < 1.29 is 14.3 Å². The molecule has 0 aliphatic heterocycles. The molecule has 2 aromatic carbocycles. The number of hydrogen-bond donors (Lipinski definition) is 0. The lowest BCUT2D eigenvalue weighted by molar-refractivity contribution is -0.145. The SMILES string of the molecule is COC(=O)C(C)CN(Cc1ccccc1)C(=O)c1cc(C)n(-c2ccccc2)n1. The van der Waals surface area contributed by atoms with Gasteiger partial charge in [0.2, 0.25) is 0 Å². The maximum Gasteiger partial charge on any atom is 0.310 e. The Morgan fingerprint density at radius 3 is 2.31 bits per heavy atom. The third-order valence-corrected chi connectivity index (χ3v) is 4.71. The van der Waals surface area contributed by atoms with Crippen molar-refractivity contribution in [1.82, 2.24) is 14.7 Å². The minimum atomic E-state index is -0.440. The van der Waals surface area contributed by atoms with Crippen LogP contribution in [0.4, 0.5) is 0 Å². The molecule has 6 heteroatoms. The number of esters is 1. The lowest BCUT2D eigenvalue weighted by atomic mass is 10.1. The Labute approximate surface area is 170 Å². The molecule has 0 spiro atoms. The molecule has 0 aliphatic rings. The molecule has 150 valence electrons. The van der Waals surface area contributed by atoms with Gasteiger partial charge >= 0.3 is 5.97 Å². The first-order chi connectivity index (χ1) is 14.0. The Balaban J connectivity index is 1.88. The number of nitrogens with zero attached hydrogens (tertiary/aromatic N) is 3. The number of carbonyl (C=O) groups excluding carboxylic acids is 2. The van der Waals surface area contributed by atoms with Gasteiger partial charge in [0.25, 0.3) is 5.91 Å². The quantitative estimate of drug-likeness (QED) is 0.577. The Kier molecular flexibility index (Phi) is 6.44. The van der Waals surface area contributed by atoms with E-state index in [-0.39, 0.29) is 18.4 Å². The van der Waals surface area contributed by atoms with E-state index < -0.39 is 5.92 Å². The summed E-state index contributed by atoms with van der Waals surface area (Å²) in [4.78, 5) is 26.9. The van der Waals surface area contributed by atoms with Crippen molar-refractivity contribution in [1.29, 1.82) is 0 Å². The van der Waals surface area contributed by atoms with Gasteiger partial charge in [-0.25, -0.2) is 4.68 Å². The molecule has 0 aliphatic carbocycles. The molecule has 0 N–H and O–H groups in total. The largest absolute Gasteiger partial charge is 0.469 e. The van der Waals surface area contributed by atoms with Gasteiger partial charge in [-0.3, -0.25) is 9.59 Å². The van der Waals surface area contributed by atoms with E-state index in [1.165, 1.54) is 7.11 Å². The molecule has 29 heavy (non-hydrogen) atoms. The van der Waals surface area contributed by atoms with Gasteiger partial charge in [0.15, 0.2) is 5.69 Å². The second-order valence-electron chi connectivity index (χ2n) is 7.01. The van der Waals surface area contributed by atoms with Crippen molar-refractivity contribution in [3.8, 4) is 5.69 Å². The first-order valence-corrected chi connectivity index (χ1v) is 9.52. The zero-order valence-electron chi connectivity index (χ0n) is 16.9. The molecule has 1 unspecified atom stereocenters. The monoisotopic (exact) mass is 391 g/mol. The molecular weight excluding hydrogens is 366 g/mol. The maximum atomic E-state index is 13.3. The van der Waals surface area contributed by atoms with Crippen LogP contribution in [-0.4, -0.2) is 40.2 Å². The summed E-state index contributed by atoms with van der Waals surface area (Å²) >= 11 is 0. The number of aryl methyl sites for hydroxylation is 1. The zero-order chi connectivity index (χ0) is 20.8. The number of benzene rings is 2. The van der Waals surface area contributed by atoms with Crippen LogP contribution in [0.3, 0.4) is 0 Å². The van der Waals surface area contributed by atoms with E-state index in [9.17, 15) is 9.59 Å². The molecule has 0 saturated carbocycles. The van der Waals surface area contributed by atoms with Crippen LogP contribution >= 0.6 is 0 Å². The summed E-state index contributed by atoms with van der Waals surface area (Å²) in [6.07, 6.45) is 0. The van der Waals surface area contributed by atoms with Gasteiger partial charge in [-0.05, 0) is 30.7 Å². The van der Waals surface area contributed by atoms with Gasteiger partial charge in [0.1, 0.15) is 0 Å². The fourth-order valence-corrected chi connectivity index (χ4v) is 3.20. The summed E-state index contributed by atoms with van der Waals surface area (Å²) in [5, 5.41) is 4.52. The topological polar surface area (TPSA) is 64.4 Å². The summed E-state index contributed by atoms with van der Waals surface area (Å²) in [6.45, 7) is 4.30. The van der Waals surface area contributed by atoms with E-state index in [1.807, 2.05) is 67.6 Å². The normalized spacial score (nSPS) is 11.7. The minimum absolute atomic E-state index is 0.220. The summed E-state index contributed by atoms with van der Waals surface area (Å²) in [5.41, 5.74) is 3.08. The van der Waals surface area contributed by atoms with Crippen LogP contribution in [0.1, 0.15) is 28.7 Å². The maximum absolute atomic E-state index is 13.3. The Morgan fingerprint density at radius 2 is 1.69 bits per heavy atom. The average Bonchev–Trinajstić information content (AvgIpc) is 3.15. The molecule has 1 heterocycles. The van der Waals surface area contributed by atoms with E-state index in [2.05, 4.69) is 5.10 Å².